The first-order valence-corrected chi connectivity index (χ1v) is 11.2. The van der Waals surface area contributed by atoms with Crippen molar-refractivity contribution in [1.29, 1.82) is 0 Å². The third-order valence-electron chi connectivity index (χ3n) is 6.39. The van der Waals surface area contributed by atoms with E-state index in [9.17, 15) is 0 Å². The molecule has 0 atom stereocenters. The van der Waals surface area contributed by atoms with Crippen molar-refractivity contribution in [3.8, 4) is 33.4 Å². The Kier molecular flexibility index (Phi) is 4.66. The van der Waals surface area contributed by atoms with Crippen molar-refractivity contribution in [1.82, 2.24) is 0 Å². The molecule has 156 valence electrons. The molecule has 0 heterocycles. The second-order valence-electron chi connectivity index (χ2n) is 8.51. The number of benzene rings is 6. The molecule has 6 aromatic carbocycles. The lowest BCUT2D eigenvalue weighted by atomic mass is 9.95. The molecule has 0 bridgehead atoms. The number of hydrogen-bond donors (Lipinski definition) is 1. The fourth-order valence-corrected chi connectivity index (χ4v) is 4.60. The Morgan fingerprint density at radius 1 is 0.333 bits per heavy atom. The van der Waals surface area contributed by atoms with Crippen LogP contribution >= 0.6 is 0 Å². The van der Waals surface area contributed by atoms with Crippen molar-refractivity contribution in [3.63, 3.8) is 0 Å². The topological polar surface area (TPSA) is 26.0 Å². The first-order chi connectivity index (χ1) is 16.2. The SMILES string of the molecule is Nc1cc(-c2ccccc2)cc2cc(-c3ccc(-c4ccc5ccccc5c4)cc3)ccc12. The van der Waals surface area contributed by atoms with Crippen molar-refractivity contribution in [3.05, 3.63) is 127 Å². The predicted molar refractivity (Wildman–Crippen MR) is 142 cm³/mol. The fraction of sp³-hybridized carbons (Fsp3) is 0. The predicted octanol–water partition coefficient (Wildman–Crippen LogP) is 8.58. The van der Waals surface area contributed by atoms with Gasteiger partial charge in [-0.3, -0.25) is 0 Å². The molecular weight excluding hydrogens is 398 g/mol. The number of fused-ring (bicyclic) bond motifs is 2. The van der Waals surface area contributed by atoms with Crippen LogP contribution < -0.4 is 5.73 Å². The zero-order valence-electron chi connectivity index (χ0n) is 18.2. The Hall–Kier alpha value is -4.36. The van der Waals surface area contributed by atoms with Gasteiger partial charge in [0.25, 0.3) is 0 Å². The van der Waals surface area contributed by atoms with E-state index in [1.165, 1.54) is 38.6 Å². The van der Waals surface area contributed by atoms with Gasteiger partial charge in [0.15, 0.2) is 0 Å². The van der Waals surface area contributed by atoms with E-state index in [4.69, 9.17) is 5.73 Å². The summed E-state index contributed by atoms with van der Waals surface area (Å²) in [5, 5.41) is 4.78. The van der Waals surface area contributed by atoms with Crippen molar-refractivity contribution < 1.29 is 0 Å². The van der Waals surface area contributed by atoms with Crippen molar-refractivity contribution in [2.45, 2.75) is 0 Å². The maximum absolute atomic E-state index is 6.41. The van der Waals surface area contributed by atoms with E-state index in [-0.39, 0.29) is 0 Å². The fourth-order valence-electron chi connectivity index (χ4n) is 4.60. The molecule has 33 heavy (non-hydrogen) atoms. The summed E-state index contributed by atoms with van der Waals surface area (Å²) in [5.41, 5.74) is 14.4. The maximum Gasteiger partial charge on any atom is 0.0399 e. The molecule has 0 aliphatic heterocycles. The minimum atomic E-state index is 0.810. The monoisotopic (exact) mass is 421 g/mol. The highest BCUT2D eigenvalue weighted by atomic mass is 14.5. The van der Waals surface area contributed by atoms with E-state index < -0.39 is 0 Å². The van der Waals surface area contributed by atoms with E-state index >= 15 is 0 Å². The minimum Gasteiger partial charge on any atom is -0.398 e. The zero-order chi connectivity index (χ0) is 22.2. The number of hydrogen-bond acceptors (Lipinski definition) is 1. The third-order valence-corrected chi connectivity index (χ3v) is 6.39. The summed E-state index contributed by atoms with van der Waals surface area (Å²) >= 11 is 0. The summed E-state index contributed by atoms with van der Waals surface area (Å²) in [6.45, 7) is 0. The Bertz CT molecular complexity index is 1600. The van der Waals surface area contributed by atoms with Gasteiger partial charge in [0.05, 0.1) is 0 Å². The van der Waals surface area contributed by atoms with Crippen LogP contribution in [-0.2, 0) is 0 Å². The standard InChI is InChI=1S/C32H23N/c33-32-21-29(22-6-2-1-3-7-22)20-30-19-28(16-17-31(30)32)25-12-10-24(11-13-25)27-15-14-23-8-4-5-9-26(23)18-27/h1-21H,33H2. The molecule has 0 saturated heterocycles. The summed E-state index contributed by atoms with van der Waals surface area (Å²) in [5.74, 6) is 0. The van der Waals surface area contributed by atoms with Crippen LogP contribution in [0.25, 0.3) is 54.9 Å². The molecule has 0 saturated carbocycles. The molecule has 1 heteroatoms. The Morgan fingerprint density at radius 3 is 1.58 bits per heavy atom. The van der Waals surface area contributed by atoms with Crippen LogP contribution in [0.5, 0.6) is 0 Å². The molecular formula is C32H23N. The molecule has 0 aliphatic carbocycles. The number of rotatable bonds is 3. The summed E-state index contributed by atoms with van der Waals surface area (Å²) in [6.07, 6.45) is 0. The highest BCUT2D eigenvalue weighted by molar-refractivity contribution is 5.99. The van der Waals surface area contributed by atoms with Gasteiger partial charge in [0.1, 0.15) is 0 Å². The van der Waals surface area contributed by atoms with Crippen LogP contribution in [0.1, 0.15) is 0 Å². The third kappa shape index (κ3) is 3.64. The number of nitrogens with two attached hydrogens (primary N) is 1. The molecule has 0 spiro atoms. The maximum atomic E-state index is 6.41. The van der Waals surface area contributed by atoms with Gasteiger partial charge in [-0.1, -0.05) is 103 Å². The second kappa shape index (κ2) is 7.96. The molecule has 0 aliphatic rings. The van der Waals surface area contributed by atoms with Gasteiger partial charge in [-0.15, -0.1) is 0 Å². The average Bonchev–Trinajstić information content (AvgIpc) is 2.88. The van der Waals surface area contributed by atoms with Crippen LogP contribution in [0.3, 0.4) is 0 Å². The molecule has 1 nitrogen and oxygen atoms in total. The zero-order valence-corrected chi connectivity index (χ0v) is 18.2. The molecule has 2 N–H and O–H groups in total. The highest BCUT2D eigenvalue weighted by Gasteiger charge is 2.07. The van der Waals surface area contributed by atoms with Crippen molar-refractivity contribution in [2.75, 3.05) is 5.73 Å². The van der Waals surface area contributed by atoms with Crippen LogP contribution in [0.2, 0.25) is 0 Å². The van der Waals surface area contributed by atoms with E-state index in [2.05, 4.69) is 121 Å². The quantitative estimate of drug-likeness (QED) is 0.285. The molecule has 0 aromatic heterocycles. The van der Waals surface area contributed by atoms with Gasteiger partial charge in [-0.2, -0.15) is 0 Å². The van der Waals surface area contributed by atoms with Gasteiger partial charge in [0.2, 0.25) is 0 Å². The van der Waals surface area contributed by atoms with E-state index in [0.717, 1.165) is 22.0 Å². The van der Waals surface area contributed by atoms with Crippen LogP contribution in [0, 0.1) is 0 Å². The molecule has 0 amide bonds. The minimum absolute atomic E-state index is 0.810. The smallest absolute Gasteiger partial charge is 0.0399 e. The number of nitrogen functional groups attached to an aromatic ring is 1. The van der Waals surface area contributed by atoms with E-state index in [1.807, 2.05) is 6.07 Å². The Balaban J connectivity index is 1.37. The summed E-state index contributed by atoms with van der Waals surface area (Å²) < 4.78 is 0. The van der Waals surface area contributed by atoms with Crippen LogP contribution in [0.15, 0.2) is 127 Å². The molecule has 0 radical (unpaired) electrons. The summed E-state index contributed by atoms with van der Waals surface area (Å²) in [4.78, 5) is 0. The van der Waals surface area contributed by atoms with Crippen molar-refractivity contribution >= 4 is 27.2 Å². The van der Waals surface area contributed by atoms with Gasteiger partial charge in [-0.25, -0.2) is 0 Å². The van der Waals surface area contributed by atoms with E-state index in [1.54, 1.807) is 0 Å². The van der Waals surface area contributed by atoms with Crippen molar-refractivity contribution in [2.24, 2.45) is 0 Å². The number of anilines is 1. The van der Waals surface area contributed by atoms with Gasteiger partial charge in [-0.05, 0) is 73.8 Å². The first kappa shape index (κ1) is 19.3. The van der Waals surface area contributed by atoms with Gasteiger partial charge >= 0.3 is 0 Å². The molecule has 6 aromatic rings. The van der Waals surface area contributed by atoms with Gasteiger partial charge < -0.3 is 5.73 Å². The lowest BCUT2D eigenvalue weighted by Crippen LogP contribution is -1.90. The van der Waals surface area contributed by atoms with Gasteiger partial charge in [0, 0.05) is 11.1 Å². The van der Waals surface area contributed by atoms with Crippen LogP contribution in [0.4, 0.5) is 5.69 Å². The lowest BCUT2D eigenvalue weighted by Gasteiger charge is -2.10. The Morgan fingerprint density at radius 2 is 0.848 bits per heavy atom. The average molecular weight is 422 g/mol. The molecule has 0 fully saturated rings. The Labute approximate surface area is 193 Å². The van der Waals surface area contributed by atoms with Crippen LogP contribution in [-0.4, -0.2) is 0 Å². The molecule has 0 unspecified atom stereocenters. The van der Waals surface area contributed by atoms with E-state index in [0.29, 0.717) is 0 Å². The molecule has 6 rings (SSSR count). The summed E-state index contributed by atoms with van der Waals surface area (Å²) in [6, 6.07) is 45.2. The second-order valence-corrected chi connectivity index (χ2v) is 8.51. The summed E-state index contributed by atoms with van der Waals surface area (Å²) in [7, 11) is 0. The largest absolute Gasteiger partial charge is 0.398 e. The first-order valence-electron chi connectivity index (χ1n) is 11.2. The highest BCUT2D eigenvalue weighted by Crippen LogP contribution is 2.33. The lowest BCUT2D eigenvalue weighted by molar-refractivity contribution is 1.61. The normalized spacial score (nSPS) is 11.2.